The minimum atomic E-state index is -4.53. The fourth-order valence-corrected chi connectivity index (χ4v) is 6.16. The molecule has 3 heterocycles. The lowest BCUT2D eigenvalue weighted by Gasteiger charge is -2.16. The van der Waals surface area contributed by atoms with Crippen LogP contribution in [0.4, 0.5) is 13.2 Å². The summed E-state index contributed by atoms with van der Waals surface area (Å²) in [7, 11) is 0. The highest BCUT2D eigenvalue weighted by molar-refractivity contribution is 7.15. The second kappa shape index (κ2) is 8.24. The number of thiazole rings is 1. The summed E-state index contributed by atoms with van der Waals surface area (Å²) in [6.45, 7) is 0.803. The number of ether oxygens (including phenoxy) is 1. The van der Waals surface area contributed by atoms with Gasteiger partial charge in [-0.1, -0.05) is 0 Å². The molecule has 1 aliphatic heterocycles. The van der Waals surface area contributed by atoms with Crippen LogP contribution >= 0.6 is 22.7 Å². The van der Waals surface area contributed by atoms with E-state index in [0.717, 1.165) is 40.0 Å². The van der Waals surface area contributed by atoms with E-state index < -0.39 is 17.8 Å². The van der Waals surface area contributed by atoms with Crippen LogP contribution in [0.15, 0.2) is 16.5 Å². The Hall–Kier alpha value is -2.04. The summed E-state index contributed by atoms with van der Waals surface area (Å²) in [5.74, 6) is -1.35. The maximum absolute atomic E-state index is 13.1. The predicted octanol–water partition coefficient (Wildman–Crippen LogP) is 5.03. The van der Waals surface area contributed by atoms with Gasteiger partial charge in [-0.25, -0.2) is 9.78 Å². The predicted molar refractivity (Wildman–Crippen MR) is 106 cm³/mol. The number of aromatic nitrogens is 1. The SMILES string of the molecule is O=C(O)C1=C(C(=O)Cc2sc3c(c2-c2nc(C(F)(F)F)cs2)CCOC3)CCCC1. The Labute approximate surface area is 178 Å². The molecular weight excluding hydrogens is 439 g/mol. The number of hydrogen-bond acceptors (Lipinski definition) is 6. The lowest BCUT2D eigenvalue weighted by molar-refractivity contribution is -0.140. The van der Waals surface area contributed by atoms with Crippen LogP contribution < -0.4 is 0 Å². The fourth-order valence-electron chi connectivity index (χ4n) is 3.88. The largest absolute Gasteiger partial charge is 0.478 e. The molecule has 0 amide bonds. The van der Waals surface area contributed by atoms with Crippen molar-refractivity contribution >= 4 is 34.4 Å². The molecule has 0 saturated carbocycles. The van der Waals surface area contributed by atoms with Crippen LogP contribution in [-0.2, 0) is 40.0 Å². The number of ketones is 1. The molecule has 10 heteroatoms. The van der Waals surface area contributed by atoms with Gasteiger partial charge in [0.15, 0.2) is 11.5 Å². The smallest absolute Gasteiger partial charge is 0.434 e. The number of thiophene rings is 1. The maximum atomic E-state index is 13.1. The number of rotatable bonds is 5. The van der Waals surface area contributed by atoms with E-state index in [1.165, 1.54) is 11.3 Å². The lowest BCUT2D eigenvalue weighted by Crippen LogP contribution is -2.17. The van der Waals surface area contributed by atoms with E-state index in [4.69, 9.17) is 4.74 Å². The normalized spacial score (nSPS) is 17.2. The van der Waals surface area contributed by atoms with Gasteiger partial charge in [0, 0.05) is 38.3 Å². The third-order valence-electron chi connectivity index (χ3n) is 5.29. The molecule has 0 spiro atoms. The molecule has 1 aliphatic carbocycles. The van der Waals surface area contributed by atoms with E-state index >= 15 is 0 Å². The van der Waals surface area contributed by atoms with E-state index in [1.807, 2.05) is 0 Å². The van der Waals surface area contributed by atoms with E-state index in [1.54, 1.807) is 0 Å². The van der Waals surface area contributed by atoms with Gasteiger partial charge in [0.05, 0.1) is 13.2 Å². The highest BCUT2D eigenvalue weighted by Gasteiger charge is 2.35. The third-order valence-corrected chi connectivity index (χ3v) is 7.35. The molecule has 0 radical (unpaired) electrons. The summed E-state index contributed by atoms with van der Waals surface area (Å²) in [5.41, 5.74) is 1.01. The number of allylic oxidation sites excluding steroid dienone is 1. The Morgan fingerprint density at radius 1 is 1.17 bits per heavy atom. The molecule has 2 aromatic rings. The molecule has 160 valence electrons. The summed E-state index contributed by atoms with van der Waals surface area (Å²) >= 11 is 2.25. The second-order valence-corrected chi connectivity index (χ2v) is 9.26. The molecule has 0 atom stereocenters. The number of alkyl halides is 3. The van der Waals surface area contributed by atoms with Crippen LogP contribution in [0, 0.1) is 0 Å². The highest BCUT2D eigenvalue weighted by Crippen LogP contribution is 2.43. The zero-order valence-corrected chi connectivity index (χ0v) is 17.4. The van der Waals surface area contributed by atoms with Gasteiger partial charge in [-0.05, 0) is 37.7 Å². The number of Topliss-reactive ketones (excluding diaryl/α,β-unsaturated/α-hetero) is 1. The molecule has 0 bridgehead atoms. The topological polar surface area (TPSA) is 76.5 Å². The van der Waals surface area contributed by atoms with Crippen molar-refractivity contribution in [3.8, 4) is 10.6 Å². The van der Waals surface area contributed by atoms with Crippen LogP contribution in [0.25, 0.3) is 10.6 Å². The van der Waals surface area contributed by atoms with Gasteiger partial charge in [-0.3, -0.25) is 4.79 Å². The molecule has 2 aliphatic rings. The number of fused-ring (bicyclic) bond motifs is 1. The van der Waals surface area contributed by atoms with Crippen LogP contribution in [0.5, 0.6) is 0 Å². The average molecular weight is 457 g/mol. The lowest BCUT2D eigenvalue weighted by atomic mass is 9.87. The molecular formula is C20H18F3NO4S2. The van der Waals surface area contributed by atoms with Crippen LogP contribution in [0.1, 0.15) is 46.7 Å². The van der Waals surface area contributed by atoms with E-state index in [9.17, 15) is 27.9 Å². The van der Waals surface area contributed by atoms with Gasteiger partial charge in [0.1, 0.15) is 5.01 Å². The van der Waals surface area contributed by atoms with Gasteiger partial charge in [0.25, 0.3) is 0 Å². The average Bonchev–Trinajstić information content (AvgIpc) is 3.32. The summed E-state index contributed by atoms with van der Waals surface area (Å²) in [6, 6.07) is 0. The zero-order valence-electron chi connectivity index (χ0n) is 15.8. The molecule has 30 heavy (non-hydrogen) atoms. The van der Waals surface area contributed by atoms with Crippen molar-refractivity contribution < 1.29 is 32.6 Å². The molecule has 0 aromatic carbocycles. The van der Waals surface area contributed by atoms with Gasteiger partial charge >= 0.3 is 12.1 Å². The Morgan fingerprint density at radius 2 is 1.90 bits per heavy atom. The highest BCUT2D eigenvalue weighted by atomic mass is 32.1. The van der Waals surface area contributed by atoms with Crippen LogP contribution in [-0.4, -0.2) is 28.4 Å². The minimum absolute atomic E-state index is 0.0416. The zero-order chi connectivity index (χ0) is 21.5. The molecule has 1 N–H and O–H groups in total. The summed E-state index contributed by atoms with van der Waals surface area (Å²) in [4.78, 5) is 29.8. The van der Waals surface area contributed by atoms with Gasteiger partial charge < -0.3 is 9.84 Å². The van der Waals surface area contributed by atoms with Crippen molar-refractivity contribution in [2.75, 3.05) is 6.61 Å². The number of halogens is 3. The summed E-state index contributed by atoms with van der Waals surface area (Å²) in [5, 5.41) is 10.6. The monoisotopic (exact) mass is 457 g/mol. The number of carboxylic acids is 1. The van der Waals surface area contributed by atoms with Crippen molar-refractivity contribution in [1.82, 2.24) is 4.98 Å². The Kier molecular flexibility index (Phi) is 5.82. The molecule has 5 nitrogen and oxygen atoms in total. The van der Waals surface area contributed by atoms with E-state index in [-0.39, 0.29) is 22.8 Å². The second-order valence-electron chi connectivity index (χ2n) is 7.21. The Morgan fingerprint density at radius 3 is 2.57 bits per heavy atom. The summed E-state index contributed by atoms with van der Waals surface area (Å²) < 4.78 is 44.7. The van der Waals surface area contributed by atoms with Crippen molar-refractivity contribution in [3.63, 3.8) is 0 Å². The Balaban J connectivity index is 1.74. The van der Waals surface area contributed by atoms with Crippen molar-refractivity contribution in [1.29, 1.82) is 0 Å². The number of carbonyl (C=O) groups is 2. The van der Waals surface area contributed by atoms with Gasteiger partial charge in [0.2, 0.25) is 0 Å². The quantitative estimate of drug-likeness (QED) is 0.682. The third kappa shape index (κ3) is 4.08. The molecule has 4 rings (SSSR count). The Bertz CT molecular complexity index is 1040. The first-order valence-corrected chi connectivity index (χ1v) is 11.2. The van der Waals surface area contributed by atoms with Crippen molar-refractivity contribution in [3.05, 3.63) is 37.5 Å². The molecule has 0 unspecified atom stereocenters. The first-order valence-electron chi connectivity index (χ1n) is 9.48. The number of carboxylic acid groups (broad SMARTS) is 1. The standard InChI is InChI=1S/C20H18F3NO4S2/c21-20(22,23)16-9-29-18(24-16)17-12-5-6-28-8-15(12)30-14(17)7-13(25)10-3-1-2-4-11(10)19(26)27/h9H,1-8H2,(H,26,27). The maximum Gasteiger partial charge on any atom is 0.434 e. The summed E-state index contributed by atoms with van der Waals surface area (Å²) in [6.07, 6.45) is -1.78. The fraction of sp³-hybridized carbons (Fsp3) is 0.450. The first-order chi connectivity index (χ1) is 14.3. The van der Waals surface area contributed by atoms with Gasteiger partial charge in [-0.2, -0.15) is 13.2 Å². The van der Waals surface area contributed by atoms with Crippen molar-refractivity contribution in [2.24, 2.45) is 0 Å². The molecule has 2 aromatic heterocycles. The van der Waals surface area contributed by atoms with E-state index in [2.05, 4.69) is 4.98 Å². The number of carbonyl (C=O) groups excluding carboxylic acids is 1. The number of nitrogens with zero attached hydrogens (tertiary/aromatic N) is 1. The number of aliphatic carboxylic acids is 1. The molecule has 0 saturated heterocycles. The van der Waals surface area contributed by atoms with Crippen molar-refractivity contribution in [2.45, 2.75) is 51.3 Å². The first kappa shape index (κ1) is 21.2. The molecule has 0 fully saturated rings. The minimum Gasteiger partial charge on any atom is -0.478 e. The number of hydrogen-bond donors (Lipinski definition) is 1. The van der Waals surface area contributed by atoms with E-state index in [0.29, 0.717) is 48.5 Å². The van der Waals surface area contributed by atoms with Crippen LogP contribution in [0.2, 0.25) is 0 Å². The van der Waals surface area contributed by atoms with Crippen LogP contribution in [0.3, 0.4) is 0 Å². The van der Waals surface area contributed by atoms with Gasteiger partial charge in [-0.15, -0.1) is 22.7 Å².